The molecule has 0 unspecified atom stereocenters. The number of fused-ring (bicyclic) bond motifs is 1. The van der Waals surface area contributed by atoms with E-state index >= 15 is 0 Å². The molecular formula is C19H20N2O5. The standard InChI is InChI=1S/C19H20N2O5/c1-25-14-9-10-18(17(11-14)21(23)24)26-12-19(22)20-16-8-4-6-13-5-2-3-7-15(13)16/h2-3,5,7,9-11,16H,4,6,8,12H2,1H3,(H,20,22)/t16-/m1/s1. The first-order valence-corrected chi connectivity index (χ1v) is 8.41. The Balaban J connectivity index is 1.64. The third-order valence-corrected chi connectivity index (χ3v) is 4.43. The van der Waals surface area contributed by atoms with Crippen molar-refractivity contribution in [1.82, 2.24) is 5.32 Å². The number of carbonyl (C=O) groups is 1. The van der Waals surface area contributed by atoms with Crippen LogP contribution in [0.1, 0.15) is 30.0 Å². The number of methoxy groups -OCH3 is 1. The van der Waals surface area contributed by atoms with Crippen LogP contribution in [0.15, 0.2) is 42.5 Å². The molecule has 2 aromatic carbocycles. The Labute approximate surface area is 151 Å². The zero-order chi connectivity index (χ0) is 18.5. The Hall–Kier alpha value is -3.09. The molecule has 7 heteroatoms. The molecule has 2 aromatic rings. The van der Waals surface area contributed by atoms with Crippen molar-refractivity contribution in [1.29, 1.82) is 0 Å². The highest BCUT2D eigenvalue weighted by molar-refractivity contribution is 5.78. The van der Waals surface area contributed by atoms with E-state index in [0.717, 1.165) is 24.8 Å². The summed E-state index contributed by atoms with van der Waals surface area (Å²) in [6, 6.07) is 12.2. The average Bonchev–Trinajstić information content (AvgIpc) is 2.66. The summed E-state index contributed by atoms with van der Waals surface area (Å²) >= 11 is 0. The van der Waals surface area contributed by atoms with Crippen LogP contribution in [0.4, 0.5) is 5.69 Å². The topological polar surface area (TPSA) is 90.7 Å². The largest absolute Gasteiger partial charge is 0.496 e. The summed E-state index contributed by atoms with van der Waals surface area (Å²) in [6.07, 6.45) is 2.88. The Morgan fingerprint density at radius 3 is 2.88 bits per heavy atom. The van der Waals surface area contributed by atoms with Crippen LogP contribution < -0.4 is 14.8 Å². The Morgan fingerprint density at radius 2 is 2.12 bits per heavy atom. The van der Waals surface area contributed by atoms with E-state index in [9.17, 15) is 14.9 Å². The van der Waals surface area contributed by atoms with Crippen LogP contribution in [-0.4, -0.2) is 24.5 Å². The van der Waals surface area contributed by atoms with Crippen LogP contribution in [0.5, 0.6) is 11.5 Å². The number of benzene rings is 2. The van der Waals surface area contributed by atoms with E-state index in [1.54, 1.807) is 6.07 Å². The minimum Gasteiger partial charge on any atom is -0.496 e. The third kappa shape index (κ3) is 3.93. The lowest BCUT2D eigenvalue weighted by atomic mass is 9.88. The van der Waals surface area contributed by atoms with E-state index in [2.05, 4.69) is 11.4 Å². The molecule has 0 saturated carbocycles. The van der Waals surface area contributed by atoms with Gasteiger partial charge in [0.15, 0.2) is 12.4 Å². The number of nitro benzene ring substituents is 1. The minimum atomic E-state index is -0.562. The number of rotatable bonds is 6. The highest BCUT2D eigenvalue weighted by Gasteiger charge is 2.22. The maximum absolute atomic E-state index is 12.3. The lowest BCUT2D eigenvalue weighted by Crippen LogP contribution is -2.34. The van der Waals surface area contributed by atoms with E-state index in [0.29, 0.717) is 5.75 Å². The molecule has 0 fully saturated rings. The number of nitrogens with one attached hydrogen (secondary N) is 1. The summed E-state index contributed by atoms with van der Waals surface area (Å²) in [6.45, 7) is -0.286. The monoisotopic (exact) mass is 356 g/mol. The van der Waals surface area contributed by atoms with Crippen molar-refractivity contribution < 1.29 is 19.2 Å². The number of ether oxygens (including phenoxy) is 2. The quantitative estimate of drug-likeness (QED) is 0.634. The number of nitro groups is 1. The molecule has 0 spiro atoms. The molecule has 0 heterocycles. The summed E-state index contributed by atoms with van der Waals surface area (Å²) < 4.78 is 10.4. The van der Waals surface area contributed by atoms with Crippen LogP contribution >= 0.6 is 0 Å². The molecular weight excluding hydrogens is 336 g/mol. The van der Waals surface area contributed by atoms with Gasteiger partial charge in [0.25, 0.3) is 5.91 Å². The Morgan fingerprint density at radius 1 is 1.31 bits per heavy atom. The third-order valence-electron chi connectivity index (χ3n) is 4.43. The lowest BCUT2D eigenvalue weighted by molar-refractivity contribution is -0.385. The maximum Gasteiger partial charge on any atom is 0.314 e. The van der Waals surface area contributed by atoms with E-state index in [-0.39, 0.29) is 30.0 Å². The van der Waals surface area contributed by atoms with Crippen molar-refractivity contribution in [2.75, 3.05) is 13.7 Å². The molecule has 0 aliphatic heterocycles. The fraction of sp³-hybridized carbons (Fsp3) is 0.316. The molecule has 136 valence electrons. The molecule has 26 heavy (non-hydrogen) atoms. The van der Waals surface area contributed by atoms with Crippen molar-refractivity contribution in [3.63, 3.8) is 0 Å². The normalized spacial score (nSPS) is 15.7. The minimum absolute atomic E-state index is 0.0370. The van der Waals surface area contributed by atoms with Gasteiger partial charge in [-0.25, -0.2) is 0 Å². The number of hydrogen-bond donors (Lipinski definition) is 1. The van der Waals surface area contributed by atoms with Crippen molar-refractivity contribution in [2.24, 2.45) is 0 Å². The molecule has 1 atom stereocenters. The summed E-state index contributed by atoms with van der Waals surface area (Å²) in [5, 5.41) is 14.1. The number of aryl methyl sites for hydroxylation is 1. The Kier molecular flexibility index (Phi) is 5.36. The number of carbonyl (C=O) groups excluding carboxylic acids is 1. The van der Waals surface area contributed by atoms with Gasteiger partial charge >= 0.3 is 5.69 Å². The van der Waals surface area contributed by atoms with Gasteiger partial charge in [0.1, 0.15) is 5.75 Å². The summed E-state index contributed by atoms with van der Waals surface area (Å²) in [4.78, 5) is 22.9. The van der Waals surface area contributed by atoms with E-state index in [4.69, 9.17) is 9.47 Å². The molecule has 0 bridgehead atoms. The number of hydrogen-bond acceptors (Lipinski definition) is 5. The number of nitrogens with zero attached hydrogens (tertiary/aromatic N) is 1. The summed E-state index contributed by atoms with van der Waals surface area (Å²) in [5.41, 5.74) is 2.14. The highest BCUT2D eigenvalue weighted by atomic mass is 16.6. The molecule has 3 rings (SSSR count). The van der Waals surface area contributed by atoms with Crippen LogP contribution in [-0.2, 0) is 11.2 Å². The second-order valence-electron chi connectivity index (χ2n) is 6.09. The smallest absolute Gasteiger partial charge is 0.314 e. The van der Waals surface area contributed by atoms with Crippen molar-refractivity contribution >= 4 is 11.6 Å². The van der Waals surface area contributed by atoms with Gasteiger partial charge in [-0.15, -0.1) is 0 Å². The van der Waals surface area contributed by atoms with Gasteiger partial charge in [0.05, 0.1) is 24.1 Å². The maximum atomic E-state index is 12.3. The second-order valence-corrected chi connectivity index (χ2v) is 6.09. The SMILES string of the molecule is COc1ccc(OCC(=O)N[C@@H]2CCCc3ccccc32)c([N+](=O)[O-])c1. The fourth-order valence-corrected chi connectivity index (χ4v) is 3.17. The first-order chi connectivity index (χ1) is 12.6. The van der Waals surface area contributed by atoms with Gasteiger partial charge in [0.2, 0.25) is 0 Å². The van der Waals surface area contributed by atoms with Crippen molar-refractivity contribution in [3.05, 3.63) is 63.7 Å². The van der Waals surface area contributed by atoms with E-state index in [1.807, 2.05) is 18.2 Å². The van der Waals surface area contributed by atoms with E-state index < -0.39 is 4.92 Å². The molecule has 1 aliphatic carbocycles. The van der Waals surface area contributed by atoms with Crippen molar-refractivity contribution in [2.45, 2.75) is 25.3 Å². The zero-order valence-corrected chi connectivity index (χ0v) is 14.4. The van der Waals surface area contributed by atoms with Crippen LogP contribution in [0.3, 0.4) is 0 Å². The van der Waals surface area contributed by atoms with Crippen molar-refractivity contribution in [3.8, 4) is 11.5 Å². The first-order valence-electron chi connectivity index (χ1n) is 8.41. The fourth-order valence-electron chi connectivity index (χ4n) is 3.17. The average molecular weight is 356 g/mol. The first kappa shape index (κ1) is 17.7. The number of amides is 1. The second kappa shape index (κ2) is 7.86. The molecule has 7 nitrogen and oxygen atoms in total. The molecule has 1 amide bonds. The van der Waals surface area contributed by atoms with Gasteiger partial charge < -0.3 is 14.8 Å². The summed E-state index contributed by atoms with van der Waals surface area (Å²) in [7, 11) is 1.43. The molecule has 1 N–H and O–H groups in total. The van der Waals surface area contributed by atoms with Crippen LogP contribution in [0.2, 0.25) is 0 Å². The molecule has 0 radical (unpaired) electrons. The van der Waals surface area contributed by atoms with Crippen LogP contribution in [0.25, 0.3) is 0 Å². The lowest BCUT2D eigenvalue weighted by Gasteiger charge is -2.26. The van der Waals surface area contributed by atoms with Crippen LogP contribution in [0, 0.1) is 10.1 Å². The van der Waals surface area contributed by atoms with E-state index in [1.165, 1.54) is 24.8 Å². The van der Waals surface area contributed by atoms with Gasteiger partial charge in [-0.05, 0) is 42.5 Å². The zero-order valence-electron chi connectivity index (χ0n) is 14.4. The summed E-state index contributed by atoms with van der Waals surface area (Å²) in [5.74, 6) is 0.0825. The van der Waals surface area contributed by atoms with Gasteiger partial charge in [-0.2, -0.15) is 0 Å². The van der Waals surface area contributed by atoms with Gasteiger partial charge in [-0.1, -0.05) is 24.3 Å². The molecule has 0 saturated heterocycles. The van der Waals surface area contributed by atoms with Gasteiger partial charge in [-0.3, -0.25) is 14.9 Å². The Bertz CT molecular complexity index is 821. The predicted molar refractivity (Wildman–Crippen MR) is 95.4 cm³/mol. The van der Waals surface area contributed by atoms with Gasteiger partial charge in [0, 0.05) is 0 Å². The predicted octanol–water partition coefficient (Wildman–Crippen LogP) is 3.18. The highest BCUT2D eigenvalue weighted by Crippen LogP contribution is 2.31. The molecule has 0 aromatic heterocycles. The molecule has 1 aliphatic rings.